The van der Waals surface area contributed by atoms with Crippen molar-refractivity contribution in [1.82, 2.24) is 19.0 Å². The second kappa shape index (κ2) is 7.41. The molecule has 4 rings (SSSR count). The maximum Gasteiger partial charge on any atom is 0.252 e. The quantitative estimate of drug-likeness (QED) is 0.625. The third-order valence-electron chi connectivity index (χ3n) is 4.28. The van der Waals surface area contributed by atoms with Crippen molar-refractivity contribution in [2.24, 2.45) is 0 Å². The molecule has 1 saturated heterocycles. The van der Waals surface area contributed by atoms with Gasteiger partial charge in [0.25, 0.3) is 10.0 Å². The van der Waals surface area contributed by atoms with Crippen LogP contribution in [0.15, 0.2) is 45.4 Å². The van der Waals surface area contributed by atoms with Gasteiger partial charge in [-0.15, -0.1) is 11.3 Å². The second-order valence-electron chi connectivity index (χ2n) is 5.97. The second-order valence-corrected chi connectivity index (χ2v) is 10.6. The van der Waals surface area contributed by atoms with E-state index in [-0.39, 0.29) is 0 Å². The van der Waals surface area contributed by atoms with Crippen molar-refractivity contribution in [2.45, 2.75) is 10.9 Å². The first-order chi connectivity index (χ1) is 12.5. The molecular weight excluding hydrogens is 412 g/mol. The summed E-state index contributed by atoms with van der Waals surface area (Å²) in [5, 5.41) is 8.71. The van der Waals surface area contributed by atoms with Gasteiger partial charge in [0.05, 0.1) is 16.7 Å². The number of sulfonamides is 1. The van der Waals surface area contributed by atoms with Crippen LogP contribution in [-0.4, -0.2) is 53.6 Å². The zero-order chi connectivity index (χ0) is 18.1. The zero-order valence-corrected chi connectivity index (χ0v) is 17.0. The molecule has 0 N–H and O–H groups in total. The van der Waals surface area contributed by atoms with Gasteiger partial charge in [-0.25, -0.2) is 8.42 Å². The highest BCUT2D eigenvalue weighted by Gasteiger charge is 2.29. The van der Waals surface area contributed by atoms with Crippen molar-refractivity contribution < 1.29 is 8.42 Å². The molecule has 0 atom stereocenters. The fourth-order valence-electron chi connectivity index (χ4n) is 2.88. The van der Waals surface area contributed by atoms with E-state index in [0.717, 1.165) is 22.6 Å². The molecule has 0 unspecified atom stereocenters. The molecule has 0 amide bonds. The molecule has 3 aromatic heterocycles. The smallest absolute Gasteiger partial charge is 0.252 e. The van der Waals surface area contributed by atoms with Crippen molar-refractivity contribution in [3.63, 3.8) is 0 Å². The van der Waals surface area contributed by atoms with E-state index in [9.17, 15) is 8.42 Å². The van der Waals surface area contributed by atoms with Crippen LogP contribution < -0.4 is 0 Å². The summed E-state index contributed by atoms with van der Waals surface area (Å²) < 4.78 is 29.5. The number of thiophene rings is 2. The third kappa shape index (κ3) is 3.73. The van der Waals surface area contributed by atoms with Crippen LogP contribution in [0.25, 0.3) is 11.3 Å². The van der Waals surface area contributed by atoms with E-state index in [1.54, 1.807) is 23.5 Å². The number of hydrogen-bond acceptors (Lipinski definition) is 6. The minimum absolute atomic E-state index is 0.309. The number of rotatable bonds is 5. The van der Waals surface area contributed by atoms with Crippen molar-refractivity contribution in [1.29, 1.82) is 0 Å². The molecular formula is C16H17ClN4O2S3. The van der Waals surface area contributed by atoms with Gasteiger partial charge in [-0.3, -0.25) is 9.58 Å². The van der Waals surface area contributed by atoms with Crippen LogP contribution >= 0.6 is 34.3 Å². The van der Waals surface area contributed by atoms with Gasteiger partial charge in [-0.1, -0.05) is 11.6 Å². The Labute approximate surface area is 165 Å². The van der Waals surface area contributed by atoms with Gasteiger partial charge in [0, 0.05) is 43.3 Å². The first-order valence-corrected chi connectivity index (χ1v) is 11.6. The summed E-state index contributed by atoms with van der Waals surface area (Å²) in [6.45, 7) is 2.94. The summed E-state index contributed by atoms with van der Waals surface area (Å²) in [6, 6.07) is 7.25. The minimum Gasteiger partial charge on any atom is -0.282 e. The first-order valence-electron chi connectivity index (χ1n) is 8.06. The van der Waals surface area contributed by atoms with Crippen LogP contribution in [0.1, 0.15) is 0 Å². The predicted octanol–water partition coefficient (Wildman–Crippen LogP) is 3.29. The van der Waals surface area contributed by atoms with Crippen molar-refractivity contribution in [2.75, 3.05) is 26.2 Å². The Hall–Kier alpha value is -1.23. The van der Waals surface area contributed by atoms with Crippen molar-refractivity contribution in [3.05, 3.63) is 45.6 Å². The van der Waals surface area contributed by atoms with Crippen LogP contribution in [0.3, 0.4) is 0 Å². The lowest BCUT2D eigenvalue weighted by Gasteiger charge is -2.33. The predicted molar refractivity (Wildman–Crippen MR) is 105 cm³/mol. The lowest BCUT2D eigenvalue weighted by molar-refractivity contribution is 0.146. The third-order valence-corrected chi connectivity index (χ3v) is 8.56. The number of hydrogen-bond donors (Lipinski definition) is 0. The SMILES string of the molecule is O=S(=O)(c1ccc(Cl)s1)N1CCN(Cn2ccc(-c3ccsc3)n2)CC1. The average Bonchev–Trinajstić information content (AvgIpc) is 3.36. The van der Waals surface area contributed by atoms with E-state index in [4.69, 9.17) is 11.6 Å². The van der Waals surface area contributed by atoms with E-state index < -0.39 is 10.0 Å². The van der Waals surface area contributed by atoms with Crippen molar-refractivity contribution in [3.8, 4) is 11.3 Å². The van der Waals surface area contributed by atoms with Gasteiger partial charge < -0.3 is 0 Å². The van der Waals surface area contributed by atoms with Gasteiger partial charge >= 0.3 is 0 Å². The molecule has 1 fully saturated rings. The lowest BCUT2D eigenvalue weighted by Crippen LogP contribution is -2.48. The summed E-state index contributed by atoms with van der Waals surface area (Å²) in [6.07, 6.45) is 1.96. The Morgan fingerprint density at radius 1 is 1.12 bits per heavy atom. The van der Waals surface area contributed by atoms with Gasteiger partial charge in [-0.05, 0) is 29.6 Å². The molecule has 0 spiro atoms. The normalized spacial score (nSPS) is 17.0. The van der Waals surface area contributed by atoms with Crippen LogP contribution in [0.4, 0.5) is 0 Å². The molecule has 0 aliphatic carbocycles. The van der Waals surface area contributed by atoms with Gasteiger partial charge in [-0.2, -0.15) is 20.7 Å². The van der Waals surface area contributed by atoms with E-state index in [0.29, 0.717) is 41.4 Å². The van der Waals surface area contributed by atoms with Crippen LogP contribution in [0, 0.1) is 0 Å². The van der Waals surface area contributed by atoms with Crippen LogP contribution in [0.5, 0.6) is 0 Å². The van der Waals surface area contributed by atoms with E-state index >= 15 is 0 Å². The fraction of sp³-hybridized carbons (Fsp3) is 0.312. The lowest BCUT2D eigenvalue weighted by atomic mass is 10.2. The fourth-order valence-corrected chi connectivity index (χ4v) is 6.59. The van der Waals surface area contributed by atoms with Gasteiger partial charge in [0.15, 0.2) is 0 Å². The Morgan fingerprint density at radius 3 is 2.58 bits per heavy atom. The molecule has 1 aliphatic heterocycles. The monoisotopic (exact) mass is 428 g/mol. The summed E-state index contributed by atoms with van der Waals surface area (Å²) in [5.74, 6) is 0. The summed E-state index contributed by atoms with van der Waals surface area (Å²) in [5.41, 5.74) is 2.08. The van der Waals surface area contributed by atoms with E-state index in [2.05, 4.69) is 21.4 Å². The standard InChI is InChI=1S/C16H17ClN4O2S3/c17-15-1-2-16(25-15)26(22,23)21-8-6-19(7-9-21)12-20-5-3-14(18-20)13-4-10-24-11-13/h1-5,10-11H,6-9,12H2. The van der Waals surface area contributed by atoms with E-state index in [1.807, 2.05) is 22.3 Å². The maximum atomic E-state index is 12.6. The molecule has 0 saturated carbocycles. The molecule has 10 heteroatoms. The minimum atomic E-state index is -3.44. The number of aromatic nitrogens is 2. The van der Waals surface area contributed by atoms with Gasteiger partial charge in [0.1, 0.15) is 4.21 Å². The molecule has 3 aromatic rings. The number of halogens is 1. The Kier molecular flexibility index (Phi) is 5.18. The molecule has 0 radical (unpaired) electrons. The summed E-state index contributed by atoms with van der Waals surface area (Å²) in [7, 11) is -3.44. The Bertz CT molecular complexity index is 973. The maximum absolute atomic E-state index is 12.6. The largest absolute Gasteiger partial charge is 0.282 e. The topological polar surface area (TPSA) is 58.4 Å². The molecule has 6 nitrogen and oxygen atoms in total. The highest BCUT2D eigenvalue weighted by molar-refractivity contribution is 7.91. The Balaban J connectivity index is 1.37. The first kappa shape index (κ1) is 18.1. The number of piperazine rings is 1. The highest BCUT2D eigenvalue weighted by Crippen LogP contribution is 2.28. The summed E-state index contributed by atoms with van der Waals surface area (Å²) in [4.78, 5) is 2.21. The average molecular weight is 429 g/mol. The number of nitrogens with zero attached hydrogens (tertiary/aromatic N) is 4. The molecule has 1 aliphatic rings. The van der Waals surface area contributed by atoms with Crippen LogP contribution in [0.2, 0.25) is 4.34 Å². The van der Waals surface area contributed by atoms with Gasteiger partial charge in [0.2, 0.25) is 0 Å². The molecule has 138 valence electrons. The van der Waals surface area contributed by atoms with Crippen molar-refractivity contribution >= 4 is 44.3 Å². The van der Waals surface area contributed by atoms with Crippen LogP contribution in [-0.2, 0) is 16.7 Å². The summed E-state index contributed by atoms with van der Waals surface area (Å²) >= 11 is 8.63. The molecule has 26 heavy (non-hydrogen) atoms. The Morgan fingerprint density at radius 2 is 1.92 bits per heavy atom. The zero-order valence-electron chi connectivity index (χ0n) is 13.8. The molecule has 0 aromatic carbocycles. The molecule has 0 bridgehead atoms. The molecule has 4 heterocycles. The van der Waals surface area contributed by atoms with E-state index in [1.165, 1.54) is 4.31 Å². The highest BCUT2D eigenvalue weighted by atomic mass is 35.5.